The first kappa shape index (κ1) is 17.4. The molecule has 0 spiro atoms. The molecule has 1 rings (SSSR count). The van der Waals surface area contributed by atoms with Crippen molar-refractivity contribution in [1.29, 1.82) is 0 Å². The predicted octanol–water partition coefficient (Wildman–Crippen LogP) is 2.89. The van der Waals surface area contributed by atoms with E-state index in [9.17, 15) is 4.79 Å². The first-order chi connectivity index (χ1) is 7.99. The molecule has 6 heteroatoms. The minimum Gasteiger partial charge on any atom is -0.329 e. The SMILES string of the molecule is CCC(CC)(CN)C(=O)Nc1sc(C)nc1C.Cl. The van der Waals surface area contributed by atoms with Crippen LogP contribution in [0.3, 0.4) is 0 Å². The van der Waals surface area contributed by atoms with Gasteiger partial charge in [-0.15, -0.1) is 23.7 Å². The zero-order valence-electron chi connectivity index (χ0n) is 11.4. The molecule has 0 aliphatic heterocycles. The van der Waals surface area contributed by atoms with E-state index in [-0.39, 0.29) is 18.3 Å². The van der Waals surface area contributed by atoms with Gasteiger partial charge in [-0.1, -0.05) is 13.8 Å². The Labute approximate surface area is 119 Å². The number of hydrogen-bond donors (Lipinski definition) is 2. The largest absolute Gasteiger partial charge is 0.329 e. The molecule has 1 aromatic rings. The summed E-state index contributed by atoms with van der Waals surface area (Å²) < 4.78 is 0. The Morgan fingerprint density at radius 2 is 1.94 bits per heavy atom. The predicted molar refractivity (Wildman–Crippen MR) is 79.5 cm³/mol. The topological polar surface area (TPSA) is 68.0 Å². The van der Waals surface area contributed by atoms with Crippen LogP contribution in [0.2, 0.25) is 0 Å². The molecule has 0 saturated heterocycles. The van der Waals surface area contributed by atoms with Gasteiger partial charge in [0.25, 0.3) is 0 Å². The van der Waals surface area contributed by atoms with Crippen LogP contribution in [0.15, 0.2) is 0 Å². The number of amides is 1. The van der Waals surface area contributed by atoms with Crippen LogP contribution in [-0.2, 0) is 4.79 Å². The maximum atomic E-state index is 12.3. The lowest BCUT2D eigenvalue weighted by Gasteiger charge is -2.28. The van der Waals surface area contributed by atoms with Gasteiger partial charge in [0.1, 0.15) is 5.00 Å². The summed E-state index contributed by atoms with van der Waals surface area (Å²) >= 11 is 1.51. The highest BCUT2D eigenvalue weighted by Crippen LogP contribution is 2.30. The van der Waals surface area contributed by atoms with Gasteiger partial charge in [-0.05, 0) is 26.7 Å². The summed E-state index contributed by atoms with van der Waals surface area (Å²) in [6.07, 6.45) is 1.51. The fourth-order valence-corrected chi connectivity index (χ4v) is 2.65. The zero-order chi connectivity index (χ0) is 13.1. The van der Waals surface area contributed by atoms with Crippen LogP contribution in [0.25, 0.3) is 0 Å². The number of nitrogens with zero attached hydrogens (tertiary/aromatic N) is 1. The number of hydrogen-bond acceptors (Lipinski definition) is 4. The highest BCUT2D eigenvalue weighted by Gasteiger charge is 2.33. The van der Waals surface area contributed by atoms with Crippen LogP contribution < -0.4 is 11.1 Å². The normalized spacial score (nSPS) is 10.9. The highest BCUT2D eigenvalue weighted by molar-refractivity contribution is 7.16. The molecule has 104 valence electrons. The molecule has 0 aliphatic rings. The third-order valence-corrected chi connectivity index (χ3v) is 4.34. The van der Waals surface area contributed by atoms with E-state index in [4.69, 9.17) is 5.73 Å². The number of nitrogens with two attached hydrogens (primary N) is 1. The standard InChI is InChI=1S/C12H21N3OS.ClH/c1-5-12(6-2,7-13)11(16)15-10-8(3)14-9(4)17-10;/h5-7,13H2,1-4H3,(H,15,16);1H. The van der Waals surface area contributed by atoms with Crippen LogP contribution in [-0.4, -0.2) is 17.4 Å². The lowest BCUT2D eigenvalue weighted by atomic mass is 9.81. The van der Waals surface area contributed by atoms with Crippen molar-refractivity contribution in [3.63, 3.8) is 0 Å². The summed E-state index contributed by atoms with van der Waals surface area (Å²) in [5.74, 6) is 0.0109. The number of halogens is 1. The molecule has 0 atom stereocenters. The molecule has 1 aromatic heterocycles. The van der Waals surface area contributed by atoms with Gasteiger partial charge in [-0.2, -0.15) is 0 Å². The van der Waals surface area contributed by atoms with Gasteiger partial charge in [0.15, 0.2) is 0 Å². The number of aromatic nitrogens is 1. The minimum atomic E-state index is -0.454. The van der Waals surface area contributed by atoms with E-state index in [0.29, 0.717) is 6.54 Å². The van der Waals surface area contributed by atoms with Gasteiger partial charge in [0.2, 0.25) is 5.91 Å². The molecule has 0 saturated carbocycles. The maximum Gasteiger partial charge on any atom is 0.232 e. The number of rotatable bonds is 5. The van der Waals surface area contributed by atoms with Crippen LogP contribution in [0.4, 0.5) is 5.00 Å². The maximum absolute atomic E-state index is 12.3. The molecule has 1 amide bonds. The van der Waals surface area contributed by atoms with Crippen molar-refractivity contribution in [1.82, 2.24) is 4.98 Å². The summed E-state index contributed by atoms with van der Waals surface area (Å²) in [6, 6.07) is 0. The molecule has 0 bridgehead atoms. The fraction of sp³-hybridized carbons (Fsp3) is 0.667. The number of aryl methyl sites for hydroxylation is 2. The zero-order valence-corrected chi connectivity index (χ0v) is 13.0. The van der Waals surface area contributed by atoms with Crippen LogP contribution >= 0.6 is 23.7 Å². The molecule has 0 unspecified atom stereocenters. The molecule has 0 aromatic carbocycles. The summed E-state index contributed by atoms with van der Waals surface area (Å²) in [7, 11) is 0. The third kappa shape index (κ3) is 3.43. The van der Waals surface area contributed by atoms with Crippen molar-refractivity contribution in [3.05, 3.63) is 10.7 Å². The third-order valence-electron chi connectivity index (χ3n) is 3.36. The van der Waals surface area contributed by atoms with E-state index < -0.39 is 5.41 Å². The number of carbonyl (C=O) groups is 1. The lowest BCUT2D eigenvalue weighted by molar-refractivity contribution is -0.125. The molecular weight excluding hydrogens is 270 g/mol. The first-order valence-corrected chi connectivity index (χ1v) is 6.76. The molecule has 1 heterocycles. The average Bonchev–Trinajstić information content (AvgIpc) is 2.61. The Hall–Kier alpha value is -0.650. The number of anilines is 1. The van der Waals surface area contributed by atoms with E-state index in [1.807, 2.05) is 27.7 Å². The van der Waals surface area contributed by atoms with Crippen molar-refractivity contribution in [2.45, 2.75) is 40.5 Å². The summed E-state index contributed by atoms with van der Waals surface area (Å²) in [5.41, 5.74) is 6.17. The monoisotopic (exact) mass is 291 g/mol. The minimum absolute atomic E-state index is 0. The van der Waals surface area contributed by atoms with Crippen molar-refractivity contribution in [2.24, 2.45) is 11.1 Å². The van der Waals surface area contributed by atoms with Crippen LogP contribution in [0.5, 0.6) is 0 Å². The summed E-state index contributed by atoms with van der Waals surface area (Å²) in [5, 5.41) is 4.76. The van der Waals surface area contributed by atoms with E-state index in [1.165, 1.54) is 11.3 Å². The van der Waals surface area contributed by atoms with E-state index in [0.717, 1.165) is 28.5 Å². The fourth-order valence-electron chi connectivity index (χ4n) is 1.84. The molecule has 18 heavy (non-hydrogen) atoms. The smallest absolute Gasteiger partial charge is 0.232 e. The van der Waals surface area contributed by atoms with E-state index >= 15 is 0 Å². The molecule has 4 nitrogen and oxygen atoms in total. The van der Waals surface area contributed by atoms with Gasteiger partial charge >= 0.3 is 0 Å². The number of thiazole rings is 1. The Kier molecular flexibility index (Phi) is 6.81. The van der Waals surface area contributed by atoms with Crippen molar-refractivity contribution >= 4 is 34.7 Å². The van der Waals surface area contributed by atoms with E-state index in [2.05, 4.69) is 10.3 Å². The molecular formula is C12H22ClN3OS. The molecule has 0 radical (unpaired) electrons. The lowest BCUT2D eigenvalue weighted by Crippen LogP contribution is -2.41. The van der Waals surface area contributed by atoms with Crippen molar-refractivity contribution in [3.8, 4) is 0 Å². The van der Waals surface area contributed by atoms with Gasteiger partial charge in [-0.25, -0.2) is 4.98 Å². The second kappa shape index (κ2) is 7.07. The number of nitrogens with one attached hydrogen (secondary N) is 1. The number of carbonyl (C=O) groups excluding carboxylic acids is 1. The second-order valence-electron chi connectivity index (χ2n) is 4.29. The van der Waals surface area contributed by atoms with Crippen molar-refractivity contribution < 1.29 is 4.79 Å². The summed E-state index contributed by atoms with van der Waals surface area (Å²) in [4.78, 5) is 16.6. The molecule has 0 aliphatic carbocycles. The van der Waals surface area contributed by atoms with Gasteiger partial charge in [-0.3, -0.25) is 4.79 Å². The second-order valence-corrected chi connectivity index (χ2v) is 5.50. The highest BCUT2D eigenvalue weighted by atomic mass is 35.5. The Morgan fingerprint density at radius 3 is 2.28 bits per heavy atom. The Bertz CT molecular complexity index is 394. The quantitative estimate of drug-likeness (QED) is 0.876. The van der Waals surface area contributed by atoms with Crippen LogP contribution in [0.1, 0.15) is 37.4 Å². The van der Waals surface area contributed by atoms with Crippen LogP contribution in [0, 0.1) is 19.3 Å². The van der Waals surface area contributed by atoms with Gasteiger partial charge < -0.3 is 11.1 Å². The average molecular weight is 292 g/mol. The summed E-state index contributed by atoms with van der Waals surface area (Å²) in [6.45, 7) is 8.22. The molecule has 3 N–H and O–H groups in total. The van der Waals surface area contributed by atoms with Crippen molar-refractivity contribution in [2.75, 3.05) is 11.9 Å². The molecule has 0 fully saturated rings. The van der Waals surface area contributed by atoms with E-state index in [1.54, 1.807) is 0 Å². The Morgan fingerprint density at radius 1 is 1.39 bits per heavy atom. The van der Waals surface area contributed by atoms with Gasteiger partial charge in [0, 0.05) is 6.54 Å². The Balaban J connectivity index is 0.00000289. The van der Waals surface area contributed by atoms with Gasteiger partial charge in [0.05, 0.1) is 16.1 Å². The first-order valence-electron chi connectivity index (χ1n) is 5.94.